The lowest BCUT2D eigenvalue weighted by Crippen LogP contribution is -2.33. The largest absolute Gasteiger partial charge is 0.383 e. The smallest absolute Gasteiger partial charge is 0.254 e. The maximum atomic E-state index is 12.8. The fraction of sp³-hybridized carbons (Fsp3) is 0.556. The molecule has 2 amide bonds. The molecule has 1 aromatic carbocycles. The van der Waals surface area contributed by atoms with E-state index in [0.29, 0.717) is 18.7 Å². The molecular weight excluding hydrogens is 324 g/mol. The highest BCUT2D eigenvalue weighted by atomic mass is 32.2. The number of nitrogens with one attached hydrogen (secondary N) is 1. The first-order valence-electron chi connectivity index (χ1n) is 8.40. The lowest BCUT2D eigenvalue weighted by atomic mass is 10.2. The molecule has 134 valence electrons. The van der Waals surface area contributed by atoms with Gasteiger partial charge in [-0.15, -0.1) is 11.8 Å². The number of ether oxygens (including phenoxy) is 1. The molecule has 0 aliphatic carbocycles. The van der Waals surface area contributed by atoms with Crippen LogP contribution in [0.3, 0.4) is 0 Å². The van der Waals surface area contributed by atoms with Gasteiger partial charge in [0.15, 0.2) is 0 Å². The molecular formula is C18H28N2O3S. The van der Waals surface area contributed by atoms with Gasteiger partial charge < -0.3 is 15.0 Å². The molecule has 5 nitrogen and oxygen atoms in total. The second-order valence-electron chi connectivity index (χ2n) is 5.42. The Morgan fingerprint density at radius 2 is 1.83 bits per heavy atom. The number of rotatable bonds is 11. The summed E-state index contributed by atoms with van der Waals surface area (Å²) in [6.45, 7) is 6.64. The average Bonchev–Trinajstić information content (AvgIpc) is 2.59. The molecule has 1 rings (SSSR count). The van der Waals surface area contributed by atoms with E-state index in [1.54, 1.807) is 7.11 Å². The van der Waals surface area contributed by atoms with Crippen molar-refractivity contribution in [2.75, 3.05) is 39.1 Å². The van der Waals surface area contributed by atoms with Gasteiger partial charge in [0, 0.05) is 31.6 Å². The molecule has 0 spiro atoms. The minimum absolute atomic E-state index is 0.0431. The minimum Gasteiger partial charge on any atom is -0.383 e. The van der Waals surface area contributed by atoms with Gasteiger partial charge >= 0.3 is 0 Å². The van der Waals surface area contributed by atoms with Gasteiger partial charge in [-0.25, -0.2) is 0 Å². The van der Waals surface area contributed by atoms with Crippen molar-refractivity contribution in [3.63, 3.8) is 0 Å². The van der Waals surface area contributed by atoms with Crippen molar-refractivity contribution in [3.05, 3.63) is 29.8 Å². The average molecular weight is 353 g/mol. The Labute approximate surface area is 149 Å². The van der Waals surface area contributed by atoms with Crippen LogP contribution in [0.5, 0.6) is 0 Å². The van der Waals surface area contributed by atoms with E-state index in [1.165, 1.54) is 11.8 Å². The standard InChI is InChI=1S/C18H28N2O3S/c1-4-11-20(12-5-2)18(22)15-8-6-7-9-16(15)24-14-17(21)19-10-13-23-3/h6-9H,4-5,10-14H2,1-3H3,(H,19,21). The molecule has 0 atom stereocenters. The highest BCUT2D eigenvalue weighted by molar-refractivity contribution is 8.00. The van der Waals surface area contributed by atoms with Crippen molar-refractivity contribution in [2.45, 2.75) is 31.6 Å². The van der Waals surface area contributed by atoms with Gasteiger partial charge in [0.25, 0.3) is 5.91 Å². The van der Waals surface area contributed by atoms with E-state index in [0.717, 1.165) is 30.8 Å². The Hall–Kier alpha value is -1.53. The quantitative estimate of drug-likeness (QED) is 0.491. The lowest BCUT2D eigenvalue weighted by molar-refractivity contribution is -0.118. The predicted molar refractivity (Wildman–Crippen MR) is 98.5 cm³/mol. The normalized spacial score (nSPS) is 10.5. The highest BCUT2D eigenvalue weighted by Gasteiger charge is 2.18. The molecule has 6 heteroatoms. The summed E-state index contributed by atoms with van der Waals surface area (Å²) in [7, 11) is 1.60. The molecule has 0 radical (unpaired) electrons. The zero-order chi connectivity index (χ0) is 17.8. The number of amides is 2. The van der Waals surface area contributed by atoms with Gasteiger partial charge in [-0.05, 0) is 25.0 Å². The SMILES string of the molecule is CCCN(CCC)C(=O)c1ccccc1SCC(=O)NCCOC. The number of carbonyl (C=O) groups is 2. The molecule has 24 heavy (non-hydrogen) atoms. The number of hydrogen-bond acceptors (Lipinski definition) is 4. The van der Waals surface area contributed by atoms with Crippen LogP contribution in [0, 0.1) is 0 Å². The molecule has 0 bridgehead atoms. The summed E-state index contributed by atoms with van der Waals surface area (Å²) in [5.41, 5.74) is 0.675. The topological polar surface area (TPSA) is 58.6 Å². The van der Waals surface area contributed by atoms with E-state index in [9.17, 15) is 9.59 Å². The predicted octanol–water partition coefficient (Wildman–Crippen LogP) is 2.80. The van der Waals surface area contributed by atoms with Crippen LogP contribution in [0.4, 0.5) is 0 Å². The number of benzene rings is 1. The summed E-state index contributed by atoms with van der Waals surface area (Å²) in [5, 5.41) is 2.79. The van der Waals surface area contributed by atoms with Crippen molar-refractivity contribution >= 4 is 23.6 Å². The molecule has 0 aliphatic heterocycles. The van der Waals surface area contributed by atoms with Gasteiger partial charge in [-0.1, -0.05) is 26.0 Å². The van der Waals surface area contributed by atoms with E-state index in [1.807, 2.05) is 29.2 Å². The van der Waals surface area contributed by atoms with E-state index in [-0.39, 0.29) is 17.6 Å². The Bertz CT molecular complexity index is 517. The van der Waals surface area contributed by atoms with Crippen LogP contribution in [-0.2, 0) is 9.53 Å². The second-order valence-corrected chi connectivity index (χ2v) is 6.44. The molecule has 0 unspecified atom stereocenters. The molecule has 0 aliphatic rings. The van der Waals surface area contributed by atoms with Crippen LogP contribution in [0.1, 0.15) is 37.0 Å². The fourth-order valence-electron chi connectivity index (χ4n) is 2.28. The van der Waals surface area contributed by atoms with Gasteiger partial charge in [0.05, 0.1) is 17.9 Å². The van der Waals surface area contributed by atoms with Crippen molar-refractivity contribution in [1.82, 2.24) is 10.2 Å². The Morgan fingerprint density at radius 3 is 2.46 bits per heavy atom. The van der Waals surface area contributed by atoms with Crippen LogP contribution < -0.4 is 5.32 Å². The number of hydrogen-bond donors (Lipinski definition) is 1. The third-order valence-corrected chi connectivity index (χ3v) is 4.45. The van der Waals surface area contributed by atoms with Crippen molar-refractivity contribution < 1.29 is 14.3 Å². The summed E-state index contributed by atoms with van der Waals surface area (Å²) in [6.07, 6.45) is 1.87. The van der Waals surface area contributed by atoms with Crippen LogP contribution in [0.15, 0.2) is 29.2 Å². The van der Waals surface area contributed by atoms with E-state index in [2.05, 4.69) is 19.2 Å². The Balaban J connectivity index is 2.73. The number of carbonyl (C=O) groups excluding carboxylic acids is 2. The molecule has 1 N–H and O–H groups in total. The number of methoxy groups -OCH3 is 1. The number of nitrogens with zero attached hydrogens (tertiary/aromatic N) is 1. The van der Waals surface area contributed by atoms with Gasteiger partial charge in [0.1, 0.15) is 0 Å². The van der Waals surface area contributed by atoms with Crippen molar-refractivity contribution in [2.24, 2.45) is 0 Å². The maximum Gasteiger partial charge on any atom is 0.254 e. The molecule has 0 aromatic heterocycles. The van der Waals surface area contributed by atoms with Crippen LogP contribution in [0.25, 0.3) is 0 Å². The molecule has 1 aromatic rings. The summed E-state index contributed by atoms with van der Waals surface area (Å²) in [4.78, 5) is 27.4. The molecule has 0 heterocycles. The van der Waals surface area contributed by atoms with Crippen molar-refractivity contribution in [3.8, 4) is 0 Å². The van der Waals surface area contributed by atoms with Crippen LogP contribution in [0.2, 0.25) is 0 Å². The lowest BCUT2D eigenvalue weighted by Gasteiger charge is -2.22. The molecule has 0 saturated carbocycles. The zero-order valence-corrected chi connectivity index (χ0v) is 15.7. The van der Waals surface area contributed by atoms with E-state index < -0.39 is 0 Å². The van der Waals surface area contributed by atoms with Crippen molar-refractivity contribution in [1.29, 1.82) is 0 Å². The first-order chi connectivity index (χ1) is 11.6. The third-order valence-electron chi connectivity index (χ3n) is 3.38. The van der Waals surface area contributed by atoms with E-state index in [4.69, 9.17) is 4.74 Å². The third kappa shape index (κ3) is 6.93. The monoisotopic (exact) mass is 352 g/mol. The summed E-state index contributed by atoms with van der Waals surface area (Å²) < 4.78 is 4.91. The maximum absolute atomic E-state index is 12.8. The first kappa shape index (κ1) is 20.5. The second kappa shape index (κ2) is 11.9. The Morgan fingerprint density at radius 1 is 1.17 bits per heavy atom. The van der Waals surface area contributed by atoms with Crippen LogP contribution >= 0.6 is 11.8 Å². The Kier molecular flexibility index (Phi) is 10.2. The minimum atomic E-state index is -0.0572. The summed E-state index contributed by atoms with van der Waals surface area (Å²) in [6, 6.07) is 7.50. The summed E-state index contributed by atoms with van der Waals surface area (Å²) in [5.74, 6) is 0.273. The summed E-state index contributed by atoms with van der Waals surface area (Å²) >= 11 is 1.39. The molecule has 0 fully saturated rings. The van der Waals surface area contributed by atoms with Gasteiger partial charge in [0.2, 0.25) is 5.91 Å². The molecule has 0 saturated heterocycles. The zero-order valence-electron chi connectivity index (χ0n) is 14.8. The fourth-order valence-corrected chi connectivity index (χ4v) is 3.16. The van der Waals surface area contributed by atoms with Crippen LogP contribution in [-0.4, -0.2) is 55.8 Å². The van der Waals surface area contributed by atoms with E-state index >= 15 is 0 Å². The van der Waals surface area contributed by atoms with Gasteiger partial charge in [-0.3, -0.25) is 9.59 Å². The highest BCUT2D eigenvalue weighted by Crippen LogP contribution is 2.24. The first-order valence-corrected chi connectivity index (χ1v) is 9.39. The number of thioether (sulfide) groups is 1. The van der Waals surface area contributed by atoms with Gasteiger partial charge in [-0.2, -0.15) is 0 Å².